The van der Waals surface area contributed by atoms with E-state index in [0.29, 0.717) is 41.0 Å². The van der Waals surface area contributed by atoms with E-state index in [1.54, 1.807) is 54.6 Å². The summed E-state index contributed by atoms with van der Waals surface area (Å²) in [4.78, 5) is 24.9. The first kappa shape index (κ1) is 37.2. The van der Waals surface area contributed by atoms with E-state index in [4.69, 9.17) is 23.7 Å². The molecule has 2 aliphatic heterocycles. The fourth-order valence-corrected chi connectivity index (χ4v) is 6.86. The third-order valence-electron chi connectivity index (χ3n) is 9.72. The van der Waals surface area contributed by atoms with Crippen LogP contribution < -0.4 is 14.2 Å². The molecule has 4 aromatic rings. The third-order valence-corrected chi connectivity index (χ3v) is 9.72. The molecule has 0 spiro atoms. The molecular weight excluding hydrogens is 692 g/mol. The first-order chi connectivity index (χ1) is 25.4. The number of esters is 2. The second-order valence-electron chi connectivity index (χ2n) is 13.0. The highest BCUT2D eigenvalue weighted by Crippen LogP contribution is 2.40. The van der Waals surface area contributed by atoms with Gasteiger partial charge in [-0.05, 0) is 65.1 Å². The summed E-state index contributed by atoms with van der Waals surface area (Å²) in [6, 6.07) is 19.6. The van der Waals surface area contributed by atoms with Crippen molar-refractivity contribution in [1.29, 1.82) is 0 Å². The fraction of sp³-hybridized carbons (Fsp3) is 0.333. The lowest BCUT2D eigenvalue weighted by Gasteiger charge is -2.40. The summed E-state index contributed by atoms with van der Waals surface area (Å²) in [6.45, 7) is -0.379. The minimum Gasteiger partial charge on any atom is -0.507 e. The van der Waals surface area contributed by atoms with Gasteiger partial charge in [0.15, 0.2) is 23.0 Å². The van der Waals surface area contributed by atoms with Gasteiger partial charge in [-0.15, -0.1) is 0 Å². The summed E-state index contributed by atoms with van der Waals surface area (Å²) < 4.78 is 26.9. The van der Waals surface area contributed by atoms with Crippen LogP contribution in [-0.2, 0) is 22.3 Å². The zero-order chi connectivity index (χ0) is 38.0. The topological polar surface area (TPSA) is 222 Å². The number of fused-ring (bicyclic) bond motifs is 2. The van der Waals surface area contributed by atoms with Crippen molar-refractivity contribution in [2.75, 3.05) is 20.8 Å². The van der Waals surface area contributed by atoms with Crippen molar-refractivity contribution in [3.05, 3.63) is 106 Å². The molecule has 7 atom stereocenters. The number of aromatic hydroxyl groups is 3. The van der Waals surface area contributed by atoms with Crippen LogP contribution in [0.2, 0.25) is 0 Å². The number of rotatable bonds is 7. The fourth-order valence-electron chi connectivity index (χ4n) is 6.86. The Balaban J connectivity index is 0.000000198. The van der Waals surface area contributed by atoms with Crippen LogP contribution in [0.1, 0.15) is 61.6 Å². The molecule has 2 heterocycles. The van der Waals surface area contributed by atoms with Crippen molar-refractivity contribution in [2.45, 2.75) is 55.9 Å². The molecule has 14 nitrogen and oxygen atoms in total. The Bertz CT molecular complexity index is 1980. The Hall–Kier alpha value is -5.54. The van der Waals surface area contributed by atoms with Gasteiger partial charge < -0.3 is 59.4 Å². The number of hydrogen-bond donors (Lipinski definition) is 7. The third kappa shape index (κ3) is 7.53. The second-order valence-corrected chi connectivity index (χ2v) is 13.0. The SMILES string of the molecule is COc1ccc(C2Cc3cccc(O)c3C(=O)O2)cc1O.COc1ccc(C2Cc3cccc(O[C@@H]4C[C@H](CO)[C@@H](O)[C@H](O)[C@H]4O)c3C(=O)O2)cc1O. The van der Waals surface area contributed by atoms with Gasteiger partial charge in [-0.25, -0.2) is 9.59 Å². The average Bonchev–Trinajstić information content (AvgIpc) is 3.15. The van der Waals surface area contributed by atoms with Gasteiger partial charge in [-0.3, -0.25) is 0 Å². The highest BCUT2D eigenvalue weighted by molar-refractivity contribution is 5.96. The number of phenols is 3. The number of aliphatic hydroxyl groups is 4. The molecule has 0 bridgehead atoms. The number of hydrogen-bond acceptors (Lipinski definition) is 14. The number of ether oxygens (including phenoxy) is 5. The normalized spacial score (nSPS) is 24.7. The standard InChI is InChI=1S/C23H26O9.C16H14O5/c1-30-15-6-5-11(7-14(15)25)17-8-12-3-2-4-16(19(12)23(29)32-17)31-18-9-13(10-24)20(26)22(28)21(18)27;1-20-13-6-5-9(7-12(13)18)14-8-10-3-2-4-11(17)15(10)16(19)21-14/h2-7,13,17-18,20-22,24-28H,8-10H2,1H3;2-7,14,17-18H,8H2,1H3/t13-,17?,18-,20-,21+,22+;/m1./s1. The quantitative estimate of drug-likeness (QED) is 0.136. The van der Waals surface area contributed by atoms with Gasteiger partial charge in [-0.2, -0.15) is 0 Å². The summed E-state index contributed by atoms with van der Waals surface area (Å²) >= 11 is 0. The minimum atomic E-state index is -1.48. The molecule has 0 aromatic heterocycles. The highest BCUT2D eigenvalue weighted by Gasteiger charge is 2.44. The van der Waals surface area contributed by atoms with Crippen molar-refractivity contribution in [3.63, 3.8) is 0 Å². The molecule has 2 unspecified atom stereocenters. The molecule has 0 amide bonds. The molecule has 1 fully saturated rings. The van der Waals surface area contributed by atoms with E-state index in [1.807, 2.05) is 0 Å². The Kier molecular flexibility index (Phi) is 11.0. The van der Waals surface area contributed by atoms with Crippen LogP contribution in [-0.4, -0.2) is 92.9 Å². The Morgan fingerprint density at radius 1 is 0.642 bits per heavy atom. The molecule has 0 radical (unpaired) electrons. The maximum absolute atomic E-state index is 12.9. The summed E-state index contributed by atoms with van der Waals surface area (Å²) in [7, 11) is 2.91. The van der Waals surface area contributed by atoms with E-state index in [1.165, 1.54) is 32.4 Å². The predicted molar refractivity (Wildman–Crippen MR) is 185 cm³/mol. The molecule has 14 heteroatoms. The zero-order valence-corrected chi connectivity index (χ0v) is 28.8. The van der Waals surface area contributed by atoms with Gasteiger partial charge in [-0.1, -0.05) is 36.4 Å². The van der Waals surface area contributed by atoms with Crippen molar-refractivity contribution in [3.8, 4) is 34.5 Å². The van der Waals surface area contributed by atoms with Gasteiger partial charge in [0.2, 0.25) is 0 Å². The van der Waals surface area contributed by atoms with Crippen molar-refractivity contribution in [2.24, 2.45) is 5.92 Å². The van der Waals surface area contributed by atoms with Crippen molar-refractivity contribution >= 4 is 11.9 Å². The van der Waals surface area contributed by atoms with Crippen LogP contribution in [0.5, 0.6) is 34.5 Å². The Labute approximate surface area is 304 Å². The largest absolute Gasteiger partial charge is 0.507 e. The van der Waals surface area contributed by atoms with E-state index >= 15 is 0 Å². The van der Waals surface area contributed by atoms with E-state index in [2.05, 4.69) is 0 Å². The van der Waals surface area contributed by atoms with Crippen molar-refractivity contribution < 1.29 is 69.0 Å². The van der Waals surface area contributed by atoms with E-state index < -0.39 is 54.5 Å². The lowest BCUT2D eigenvalue weighted by atomic mass is 9.81. The Morgan fingerprint density at radius 3 is 1.70 bits per heavy atom. The number of benzene rings is 4. The molecule has 53 heavy (non-hydrogen) atoms. The van der Waals surface area contributed by atoms with Crippen LogP contribution in [0.4, 0.5) is 0 Å². The van der Waals surface area contributed by atoms with E-state index in [-0.39, 0.29) is 47.2 Å². The first-order valence-electron chi connectivity index (χ1n) is 16.8. The number of carbonyl (C=O) groups excluding carboxylic acids is 2. The van der Waals surface area contributed by atoms with Gasteiger partial charge >= 0.3 is 11.9 Å². The maximum atomic E-state index is 12.9. The van der Waals surface area contributed by atoms with E-state index in [9.17, 15) is 45.3 Å². The highest BCUT2D eigenvalue weighted by atomic mass is 16.6. The van der Waals surface area contributed by atoms with Crippen molar-refractivity contribution in [1.82, 2.24) is 0 Å². The molecule has 3 aliphatic rings. The summed E-state index contributed by atoms with van der Waals surface area (Å²) in [6.07, 6.45) is -5.29. The number of phenolic OH excluding ortho intramolecular Hbond substituents is 3. The summed E-state index contributed by atoms with van der Waals surface area (Å²) in [5.74, 6) is -1.13. The Morgan fingerprint density at radius 2 is 1.17 bits per heavy atom. The molecule has 1 saturated carbocycles. The predicted octanol–water partition coefficient (Wildman–Crippen LogP) is 3.26. The first-order valence-corrected chi connectivity index (χ1v) is 16.8. The monoisotopic (exact) mass is 732 g/mol. The molecule has 1 aliphatic carbocycles. The lowest BCUT2D eigenvalue weighted by Crippen LogP contribution is -2.56. The molecule has 280 valence electrons. The van der Waals surface area contributed by atoms with Crippen LogP contribution in [0, 0.1) is 5.92 Å². The zero-order valence-electron chi connectivity index (χ0n) is 28.8. The number of carbonyl (C=O) groups is 2. The van der Waals surface area contributed by atoms with Crippen LogP contribution in [0.15, 0.2) is 72.8 Å². The van der Waals surface area contributed by atoms with Gasteiger partial charge in [0.25, 0.3) is 0 Å². The van der Waals surface area contributed by atoms with Crippen LogP contribution in [0.3, 0.4) is 0 Å². The van der Waals surface area contributed by atoms with Crippen LogP contribution >= 0.6 is 0 Å². The molecular formula is C39H40O14. The average molecular weight is 733 g/mol. The van der Waals surface area contributed by atoms with Gasteiger partial charge in [0.1, 0.15) is 53.1 Å². The number of aliphatic hydroxyl groups excluding tert-OH is 4. The van der Waals surface area contributed by atoms with Gasteiger partial charge in [0, 0.05) is 25.4 Å². The summed E-state index contributed by atoms with van der Waals surface area (Å²) in [5.41, 5.74) is 3.12. The molecule has 7 N–H and O–H groups in total. The maximum Gasteiger partial charge on any atom is 0.342 e. The number of cyclic esters (lactones) is 2. The minimum absolute atomic E-state index is 0.00671. The number of methoxy groups -OCH3 is 2. The molecule has 7 rings (SSSR count). The molecule has 0 saturated heterocycles. The second kappa shape index (κ2) is 15.6. The van der Waals surface area contributed by atoms with Gasteiger partial charge in [0.05, 0.1) is 20.3 Å². The summed E-state index contributed by atoms with van der Waals surface area (Å²) in [5, 5.41) is 69.5. The van der Waals surface area contributed by atoms with E-state index in [0.717, 1.165) is 5.56 Å². The lowest BCUT2D eigenvalue weighted by molar-refractivity contribution is -0.157. The van der Waals surface area contributed by atoms with Crippen LogP contribution in [0.25, 0.3) is 0 Å². The molecule has 4 aromatic carbocycles. The smallest absolute Gasteiger partial charge is 0.342 e.